The van der Waals surface area contributed by atoms with E-state index in [-0.39, 0.29) is 5.97 Å². The number of nitrogens with zero attached hydrogens (tertiary/aromatic N) is 3. The third-order valence-corrected chi connectivity index (χ3v) is 4.43. The first-order valence-electron chi connectivity index (χ1n) is 8.87. The van der Waals surface area contributed by atoms with Gasteiger partial charge in [0.25, 0.3) is 0 Å². The number of rotatable bonds is 7. The molecule has 3 aromatic rings. The summed E-state index contributed by atoms with van der Waals surface area (Å²) in [6, 6.07) is 15.6. The van der Waals surface area contributed by atoms with Gasteiger partial charge < -0.3 is 9.30 Å². The molecule has 0 spiro atoms. The fourth-order valence-electron chi connectivity index (χ4n) is 3.05. The Hall–Kier alpha value is -2.95. The van der Waals surface area contributed by atoms with Crippen LogP contribution in [0.2, 0.25) is 0 Å². The van der Waals surface area contributed by atoms with Crippen LogP contribution in [0.4, 0.5) is 0 Å². The van der Waals surface area contributed by atoms with Gasteiger partial charge in [0.1, 0.15) is 12.2 Å². The van der Waals surface area contributed by atoms with Crippen LogP contribution in [0.3, 0.4) is 0 Å². The molecule has 5 nitrogen and oxygen atoms in total. The first kappa shape index (κ1) is 17.9. The van der Waals surface area contributed by atoms with Crippen molar-refractivity contribution in [1.82, 2.24) is 14.8 Å². The molecule has 5 heteroatoms. The maximum absolute atomic E-state index is 12.2. The zero-order chi connectivity index (χ0) is 18.4. The van der Waals surface area contributed by atoms with Gasteiger partial charge in [-0.05, 0) is 29.2 Å². The van der Waals surface area contributed by atoms with Crippen LogP contribution < -0.4 is 0 Å². The summed E-state index contributed by atoms with van der Waals surface area (Å²) < 4.78 is 7.02. The largest absolute Gasteiger partial charge is 0.465 e. The van der Waals surface area contributed by atoms with Gasteiger partial charge in [-0.1, -0.05) is 55.8 Å². The van der Waals surface area contributed by atoms with E-state index in [1.165, 1.54) is 7.11 Å². The van der Waals surface area contributed by atoms with Gasteiger partial charge in [0.05, 0.1) is 19.2 Å². The average Bonchev–Trinajstić information content (AvgIpc) is 3.13. The van der Waals surface area contributed by atoms with Gasteiger partial charge >= 0.3 is 5.97 Å². The van der Waals surface area contributed by atoms with E-state index in [0.29, 0.717) is 12.1 Å². The second-order valence-electron chi connectivity index (χ2n) is 6.17. The zero-order valence-corrected chi connectivity index (χ0v) is 15.2. The topological polar surface area (TPSA) is 57.0 Å². The van der Waals surface area contributed by atoms with E-state index in [1.807, 2.05) is 36.4 Å². The fraction of sp³-hybridized carbons (Fsp3) is 0.286. The number of aromatic nitrogens is 3. The van der Waals surface area contributed by atoms with E-state index in [2.05, 4.69) is 27.8 Å². The molecular formula is C21H23N3O2. The molecule has 0 aliphatic carbocycles. The molecule has 0 aliphatic rings. The molecule has 0 atom stereocenters. The number of carbonyl (C=O) groups excluding carboxylic acids is 1. The Labute approximate surface area is 153 Å². The van der Waals surface area contributed by atoms with Gasteiger partial charge in [0.15, 0.2) is 0 Å². The molecule has 0 saturated carbocycles. The number of aryl methyl sites for hydroxylation is 1. The molecule has 0 N–H and O–H groups in total. The third-order valence-electron chi connectivity index (χ3n) is 4.43. The first-order chi connectivity index (χ1) is 12.7. The normalized spacial score (nSPS) is 10.7. The van der Waals surface area contributed by atoms with Crippen molar-refractivity contribution in [2.75, 3.05) is 7.11 Å². The smallest absolute Gasteiger partial charge is 0.338 e. The summed E-state index contributed by atoms with van der Waals surface area (Å²) in [7, 11) is 1.40. The molecule has 0 aliphatic heterocycles. The molecule has 134 valence electrons. The lowest BCUT2D eigenvalue weighted by Crippen LogP contribution is -2.07. The van der Waals surface area contributed by atoms with Crippen LogP contribution in [-0.2, 0) is 17.7 Å². The maximum Gasteiger partial charge on any atom is 0.338 e. The summed E-state index contributed by atoms with van der Waals surface area (Å²) in [5.41, 5.74) is 3.57. The number of hydrogen-bond acceptors (Lipinski definition) is 4. The lowest BCUT2D eigenvalue weighted by molar-refractivity contribution is 0.0601. The Balaban J connectivity index is 1.98. The van der Waals surface area contributed by atoms with Crippen LogP contribution in [-0.4, -0.2) is 27.8 Å². The van der Waals surface area contributed by atoms with Crippen molar-refractivity contribution >= 4 is 5.97 Å². The van der Waals surface area contributed by atoms with E-state index >= 15 is 0 Å². The summed E-state index contributed by atoms with van der Waals surface area (Å²) in [6.45, 7) is 2.83. The summed E-state index contributed by atoms with van der Waals surface area (Å²) in [5.74, 6) is 0.659. The Kier molecular flexibility index (Phi) is 5.79. The van der Waals surface area contributed by atoms with Crippen molar-refractivity contribution in [3.8, 4) is 11.1 Å². The van der Waals surface area contributed by atoms with Crippen molar-refractivity contribution in [1.29, 1.82) is 0 Å². The van der Waals surface area contributed by atoms with Gasteiger partial charge in [-0.2, -0.15) is 0 Å². The second kappa shape index (κ2) is 8.43. The lowest BCUT2D eigenvalue weighted by atomic mass is 9.95. The van der Waals surface area contributed by atoms with Gasteiger partial charge in [-0.3, -0.25) is 0 Å². The highest BCUT2D eigenvalue weighted by Crippen LogP contribution is 2.28. The van der Waals surface area contributed by atoms with Crippen LogP contribution in [0.25, 0.3) is 11.1 Å². The van der Waals surface area contributed by atoms with E-state index in [0.717, 1.165) is 41.8 Å². The number of carbonyl (C=O) groups is 1. The number of benzene rings is 2. The van der Waals surface area contributed by atoms with Crippen molar-refractivity contribution in [3.63, 3.8) is 0 Å². The molecule has 0 fully saturated rings. The highest BCUT2D eigenvalue weighted by atomic mass is 16.5. The maximum atomic E-state index is 12.2. The minimum atomic E-state index is -0.330. The molecule has 1 aromatic heterocycles. The zero-order valence-electron chi connectivity index (χ0n) is 15.2. The van der Waals surface area contributed by atoms with Gasteiger partial charge in [-0.15, -0.1) is 10.2 Å². The van der Waals surface area contributed by atoms with Gasteiger partial charge in [0, 0.05) is 6.42 Å². The van der Waals surface area contributed by atoms with Crippen LogP contribution in [0, 0.1) is 0 Å². The Morgan fingerprint density at radius 3 is 2.58 bits per heavy atom. The molecule has 0 amide bonds. The average molecular weight is 349 g/mol. The Bertz CT molecular complexity index is 886. The number of hydrogen-bond donors (Lipinski definition) is 0. The van der Waals surface area contributed by atoms with Crippen LogP contribution in [0.1, 0.15) is 41.5 Å². The van der Waals surface area contributed by atoms with Crippen LogP contribution in [0.5, 0.6) is 0 Å². The SMILES string of the molecule is CCCCc1nncn1Cc1ccccc1-c1ccccc1C(=O)OC. The van der Waals surface area contributed by atoms with Gasteiger partial charge in [0.2, 0.25) is 0 Å². The molecule has 0 radical (unpaired) electrons. The third kappa shape index (κ3) is 3.82. The van der Waals surface area contributed by atoms with Crippen LogP contribution in [0.15, 0.2) is 54.9 Å². The summed E-state index contributed by atoms with van der Waals surface area (Å²) in [6.07, 6.45) is 4.90. The van der Waals surface area contributed by atoms with Crippen molar-refractivity contribution < 1.29 is 9.53 Å². The molecule has 1 heterocycles. The number of ether oxygens (including phenoxy) is 1. The van der Waals surface area contributed by atoms with E-state index in [1.54, 1.807) is 12.4 Å². The number of unbranched alkanes of at least 4 members (excludes halogenated alkanes) is 1. The predicted molar refractivity (Wildman–Crippen MR) is 101 cm³/mol. The summed E-state index contributed by atoms with van der Waals surface area (Å²) >= 11 is 0. The second-order valence-corrected chi connectivity index (χ2v) is 6.17. The molecule has 0 bridgehead atoms. The first-order valence-corrected chi connectivity index (χ1v) is 8.87. The fourth-order valence-corrected chi connectivity index (χ4v) is 3.05. The molecule has 3 rings (SSSR count). The van der Waals surface area contributed by atoms with E-state index in [4.69, 9.17) is 4.74 Å². The number of methoxy groups -OCH3 is 1. The molecule has 26 heavy (non-hydrogen) atoms. The van der Waals surface area contributed by atoms with Crippen LogP contribution >= 0.6 is 0 Å². The van der Waals surface area contributed by atoms with Crippen molar-refractivity contribution in [2.24, 2.45) is 0 Å². The minimum Gasteiger partial charge on any atom is -0.465 e. The quantitative estimate of drug-likeness (QED) is 0.602. The molecule has 0 unspecified atom stereocenters. The van der Waals surface area contributed by atoms with Crippen molar-refractivity contribution in [3.05, 3.63) is 71.8 Å². The van der Waals surface area contributed by atoms with Gasteiger partial charge in [-0.25, -0.2) is 4.79 Å². The Morgan fingerprint density at radius 2 is 1.81 bits per heavy atom. The predicted octanol–water partition coefficient (Wildman–Crippen LogP) is 4.12. The molecule has 0 saturated heterocycles. The summed E-state index contributed by atoms with van der Waals surface area (Å²) in [5, 5.41) is 8.32. The van der Waals surface area contributed by atoms with Crippen molar-refractivity contribution in [2.45, 2.75) is 32.7 Å². The highest BCUT2D eigenvalue weighted by molar-refractivity contribution is 5.97. The molecule has 2 aromatic carbocycles. The Morgan fingerprint density at radius 1 is 1.08 bits per heavy atom. The van der Waals surface area contributed by atoms with E-state index in [9.17, 15) is 4.79 Å². The minimum absolute atomic E-state index is 0.330. The number of esters is 1. The standard InChI is InChI=1S/C21H23N3O2/c1-3-4-13-20-23-22-15-24(20)14-16-9-5-6-10-17(16)18-11-7-8-12-19(18)21(25)26-2/h5-12,15H,3-4,13-14H2,1-2H3. The molecular weight excluding hydrogens is 326 g/mol. The monoisotopic (exact) mass is 349 g/mol. The van der Waals surface area contributed by atoms with E-state index < -0.39 is 0 Å². The highest BCUT2D eigenvalue weighted by Gasteiger charge is 2.15. The summed E-state index contributed by atoms with van der Waals surface area (Å²) in [4.78, 5) is 12.2. The lowest BCUT2D eigenvalue weighted by Gasteiger charge is -2.14.